The van der Waals surface area contributed by atoms with Gasteiger partial charge >= 0.3 is 8.72 Å². The molecule has 1 aliphatic heterocycles. The van der Waals surface area contributed by atoms with Gasteiger partial charge in [0.15, 0.2) is 0 Å². The molecule has 0 aromatic heterocycles. The molecule has 0 aromatic carbocycles. The molecule has 13 heavy (non-hydrogen) atoms. The summed E-state index contributed by atoms with van der Waals surface area (Å²) in [6.45, 7) is 8.94. The van der Waals surface area contributed by atoms with Crippen molar-refractivity contribution in [2.24, 2.45) is 5.41 Å². The maximum atomic E-state index is 5.52. The predicted molar refractivity (Wildman–Crippen MR) is 55.6 cm³/mol. The quantitative estimate of drug-likeness (QED) is 0.650. The second kappa shape index (κ2) is 3.69. The highest BCUT2D eigenvalue weighted by Crippen LogP contribution is 2.31. The average molecular weight is 203 g/mol. The monoisotopic (exact) mass is 203 g/mol. The topological polar surface area (TPSA) is 21.7 Å². The molecule has 0 aliphatic carbocycles. The Morgan fingerprint density at radius 1 is 1.23 bits per heavy atom. The molecule has 0 radical (unpaired) electrons. The maximum absolute atomic E-state index is 5.52. The normalized spacial score (nSPS) is 22.8. The van der Waals surface area contributed by atoms with Crippen molar-refractivity contribution in [3.63, 3.8) is 0 Å². The van der Waals surface area contributed by atoms with Crippen molar-refractivity contribution in [2.75, 3.05) is 27.3 Å². The lowest BCUT2D eigenvalue weighted by Crippen LogP contribution is -2.68. The number of hydrogen-bond acceptors (Lipinski definition) is 3. The van der Waals surface area contributed by atoms with Crippen molar-refractivity contribution in [3.8, 4) is 0 Å². The zero-order chi connectivity index (χ0) is 10.1. The Labute approximate surface area is 82.3 Å². The molecule has 0 atom stereocenters. The van der Waals surface area contributed by atoms with Crippen LogP contribution < -0.4 is 0 Å². The van der Waals surface area contributed by atoms with Gasteiger partial charge in [0.1, 0.15) is 0 Å². The molecule has 4 heteroatoms. The van der Waals surface area contributed by atoms with Crippen LogP contribution in [0.5, 0.6) is 0 Å². The minimum atomic E-state index is -1.90. The Hall–Kier alpha value is 0.0969. The van der Waals surface area contributed by atoms with Crippen molar-refractivity contribution in [2.45, 2.75) is 26.8 Å². The fraction of sp³-hybridized carbons (Fsp3) is 1.00. The zero-order valence-corrected chi connectivity index (χ0v) is 10.4. The minimum Gasteiger partial charge on any atom is -0.386 e. The molecule has 0 unspecified atom stereocenters. The molecule has 0 aromatic rings. The van der Waals surface area contributed by atoms with Crippen LogP contribution in [0.4, 0.5) is 0 Å². The van der Waals surface area contributed by atoms with Gasteiger partial charge in [-0.25, -0.2) is 0 Å². The van der Waals surface area contributed by atoms with E-state index in [0.29, 0.717) is 5.41 Å². The largest absolute Gasteiger partial charge is 0.428 e. The fourth-order valence-electron chi connectivity index (χ4n) is 1.77. The molecule has 1 heterocycles. The lowest BCUT2D eigenvalue weighted by Gasteiger charge is -2.48. The van der Waals surface area contributed by atoms with Gasteiger partial charge in [-0.1, -0.05) is 20.8 Å². The van der Waals surface area contributed by atoms with Gasteiger partial charge in [0, 0.05) is 26.8 Å². The number of hydrogen-bond donors (Lipinski definition) is 0. The van der Waals surface area contributed by atoms with Crippen LogP contribution in [0.25, 0.3) is 0 Å². The summed E-state index contributed by atoms with van der Waals surface area (Å²) in [5, 5.41) is 0. The molecule has 1 aliphatic rings. The first kappa shape index (κ1) is 11.2. The van der Waals surface area contributed by atoms with Gasteiger partial charge in [0.2, 0.25) is 0 Å². The van der Waals surface area contributed by atoms with Gasteiger partial charge in [0.05, 0.1) is 0 Å². The van der Waals surface area contributed by atoms with Crippen LogP contribution in [0, 0.1) is 5.41 Å². The molecule has 0 saturated carbocycles. The van der Waals surface area contributed by atoms with E-state index in [9.17, 15) is 0 Å². The van der Waals surface area contributed by atoms with Crippen molar-refractivity contribution < 1.29 is 8.85 Å². The van der Waals surface area contributed by atoms with E-state index in [2.05, 4.69) is 25.3 Å². The van der Waals surface area contributed by atoms with Gasteiger partial charge in [-0.2, -0.15) is 0 Å². The highest BCUT2D eigenvalue weighted by atomic mass is 28.4. The lowest BCUT2D eigenvalue weighted by atomic mass is 9.97. The summed E-state index contributed by atoms with van der Waals surface area (Å²) < 4.78 is 13.4. The molecule has 0 spiro atoms. The Balaban J connectivity index is 2.53. The van der Waals surface area contributed by atoms with E-state index in [1.165, 1.54) is 0 Å². The van der Waals surface area contributed by atoms with Crippen LogP contribution in [-0.2, 0) is 8.85 Å². The molecule has 0 bridgehead atoms. The van der Waals surface area contributed by atoms with E-state index in [0.717, 1.165) is 19.1 Å². The van der Waals surface area contributed by atoms with Crippen LogP contribution in [0.15, 0.2) is 0 Å². The minimum absolute atomic E-state index is 0.329. The Kier molecular flexibility index (Phi) is 3.17. The van der Waals surface area contributed by atoms with Crippen LogP contribution in [0.2, 0.25) is 6.04 Å². The number of nitrogens with zero attached hydrogens (tertiary/aromatic N) is 1. The Bertz CT molecular complexity index is 169. The summed E-state index contributed by atoms with van der Waals surface area (Å²) in [5.41, 5.74) is 0.329. The van der Waals surface area contributed by atoms with Crippen molar-refractivity contribution >= 4 is 8.72 Å². The molecule has 0 amide bonds. The summed E-state index contributed by atoms with van der Waals surface area (Å²) in [7, 11) is 1.64. The third kappa shape index (κ3) is 2.31. The van der Waals surface area contributed by atoms with E-state index in [1.807, 2.05) is 0 Å². The van der Waals surface area contributed by atoms with Crippen molar-refractivity contribution in [3.05, 3.63) is 0 Å². The van der Waals surface area contributed by atoms with Gasteiger partial charge < -0.3 is 8.85 Å². The molecular weight excluding hydrogens is 182 g/mol. The highest BCUT2D eigenvalue weighted by molar-refractivity contribution is 6.67. The van der Waals surface area contributed by atoms with Crippen LogP contribution in [0.1, 0.15) is 20.8 Å². The molecule has 0 N–H and O–H groups in total. The average Bonchev–Trinajstić information content (AvgIpc) is 2.00. The SMILES string of the molecule is CO[Si]1(OC)CCN1CC(C)(C)C. The summed E-state index contributed by atoms with van der Waals surface area (Å²) in [5.74, 6) is 0. The maximum Gasteiger partial charge on any atom is 0.428 e. The first-order chi connectivity index (χ1) is 5.93. The van der Waals surface area contributed by atoms with Crippen LogP contribution in [0.3, 0.4) is 0 Å². The Morgan fingerprint density at radius 2 is 1.77 bits per heavy atom. The highest BCUT2D eigenvalue weighted by Gasteiger charge is 2.52. The molecular formula is C9H21NO2Si. The first-order valence-corrected chi connectivity index (χ1v) is 6.76. The Morgan fingerprint density at radius 3 is 2.00 bits per heavy atom. The van der Waals surface area contributed by atoms with Gasteiger partial charge in [-0.3, -0.25) is 4.57 Å². The van der Waals surface area contributed by atoms with E-state index in [-0.39, 0.29) is 0 Å². The van der Waals surface area contributed by atoms with E-state index < -0.39 is 8.72 Å². The van der Waals surface area contributed by atoms with Gasteiger partial charge in [-0.05, 0) is 12.0 Å². The predicted octanol–water partition coefficient (Wildman–Crippen LogP) is 1.58. The standard InChI is InChI=1S/C9H21NO2Si/c1-9(2,3)8-10-6-7-13(10,11-4)12-5/h6-8H2,1-5H3. The van der Waals surface area contributed by atoms with Gasteiger partial charge in [0.25, 0.3) is 0 Å². The third-order valence-corrected chi connectivity index (χ3v) is 5.96. The summed E-state index contributed by atoms with van der Waals surface area (Å²) >= 11 is 0. The molecule has 1 fully saturated rings. The van der Waals surface area contributed by atoms with Crippen molar-refractivity contribution in [1.82, 2.24) is 4.57 Å². The smallest absolute Gasteiger partial charge is 0.386 e. The van der Waals surface area contributed by atoms with E-state index in [4.69, 9.17) is 8.85 Å². The van der Waals surface area contributed by atoms with Crippen LogP contribution >= 0.6 is 0 Å². The van der Waals surface area contributed by atoms with E-state index >= 15 is 0 Å². The molecule has 78 valence electrons. The fourth-order valence-corrected chi connectivity index (χ4v) is 4.48. The number of rotatable bonds is 3. The molecule has 1 rings (SSSR count). The zero-order valence-electron chi connectivity index (χ0n) is 9.39. The van der Waals surface area contributed by atoms with Crippen LogP contribution in [-0.4, -0.2) is 40.6 Å². The summed E-state index contributed by atoms with van der Waals surface area (Å²) in [6, 6.07) is 1.11. The summed E-state index contributed by atoms with van der Waals surface area (Å²) in [6.07, 6.45) is 0. The molecule has 1 saturated heterocycles. The second-order valence-electron chi connectivity index (χ2n) is 4.85. The van der Waals surface area contributed by atoms with E-state index in [1.54, 1.807) is 14.2 Å². The van der Waals surface area contributed by atoms with Crippen molar-refractivity contribution in [1.29, 1.82) is 0 Å². The first-order valence-electron chi connectivity index (χ1n) is 4.79. The molecule has 3 nitrogen and oxygen atoms in total. The lowest BCUT2D eigenvalue weighted by molar-refractivity contribution is 0.102. The second-order valence-corrected chi connectivity index (χ2v) is 8.23. The third-order valence-electron chi connectivity index (χ3n) is 2.48. The van der Waals surface area contributed by atoms with Gasteiger partial charge in [-0.15, -0.1) is 0 Å². The summed E-state index contributed by atoms with van der Waals surface area (Å²) in [4.78, 5) is 0.